The highest BCUT2D eigenvalue weighted by molar-refractivity contribution is 5.34. The van der Waals surface area contributed by atoms with Crippen molar-refractivity contribution in [1.29, 1.82) is 0 Å². The highest BCUT2D eigenvalue weighted by Gasteiger charge is 2.05. The topological polar surface area (TPSA) is 35.2 Å². The minimum absolute atomic E-state index is 0.263. The number of nitrogens with two attached hydrogens (primary N) is 1. The van der Waals surface area contributed by atoms with E-state index in [1.807, 2.05) is 0 Å². The monoisotopic (exact) mass is 273 g/mol. The van der Waals surface area contributed by atoms with Crippen LogP contribution in [0, 0.1) is 5.82 Å². The molecule has 3 heteroatoms. The molecule has 0 aliphatic carbocycles. The Hall–Kier alpha value is -1.87. The summed E-state index contributed by atoms with van der Waals surface area (Å²) < 4.78 is 18.8. The Labute approximate surface area is 119 Å². The molecule has 0 spiro atoms. The summed E-state index contributed by atoms with van der Waals surface area (Å²) >= 11 is 0. The summed E-state index contributed by atoms with van der Waals surface area (Å²) in [6.07, 6.45) is 0. The molecule has 0 amide bonds. The molecule has 0 bridgehead atoms. The normalized spacial score (nSPS) is 10.8. The van der Waals surface area contributed by atoms with E-state index in [0.29, 0.717) is 23.8 Å². The number of hydrogen-bond donors (Lipinski definition) is 1. The molecule has 0 saturated heterocycles. The smallest absolute Gasteiger partial charge is 0.124 e. The van der Waals surface area contributed by atoms with Gasteiger partial charge in [-0.15, -0.1) is 0 Å². The Kier molecular flexibility index (Phi) is 4.74. The predicted octanol–water partition coefficient (Wildman–Crippen LogP) is 3.99. The van der Waals surface area contributed by atoms with Crippen LogP contribution in [0.3, 0.4) is 0 Å². The number of halogens is 1. The number of hydrogen-bond acceptors (Lipinski definition) is 2. The third kappa shape index (κ3) is 3.58. The van der Waals surface area contributed by atoms with Crippen LogP contribution in [0.1, 0.15) is 36.5 Å². The molecule has 0 radical (unpaired) electrons. The van der Waals surface area contributed by atoms with Gasteiger partial charge in [0.2, 0.25) is 0 Å². The zero-order valence-corrected chi connectivity index (χ0v) is 11.9. The Bertz CT molecular complexity index is 564. The van der Waals surface area contributed by atoms with Crippen molar-refractivity contribution in [3.63, 3.8) is 0 Å². The molecular formula is C17H20FNO. The van der Waals surface area contributed by atoms with Crippen molar-refractivity contribution in [2.24, 2.45) is 5.73 Å². The first-order chi connectivity index (χ1) is 9.60. The van der Waals surface area contributed by atoms with Gasteiger partial charge < -0.3 is 10.5 Å². The van der Waals surface area contributed by atoms with Gasteiger partial charge in [0.15, 0.2) is 0 Å². The summed E-state index contributed by atoms with van der Waals surface area (Å²) in [5, 5.41) is 0. The first kappa shape index (κ1) is 14.5. The summed E-state index contributed by atoms with van der Waals surface area (Å²) in [6.45, 7) is 5.05. The minimum atomic E-state index is -0.293. The number of ether oxygens (including phenoxy) is 1. The van der Waals surface area contributed by atoms with E-state index < -0.39 is 0 Å². The maximum atomic E-state index is 13.1. The van der Waals surface area contributed by atoms with Crippen LogP contribution in [-0.4, -0.2) is 0 Å². The molecule has 0 unspecified atom stereocenters. The lowest BCUT2D eigenvalue weighted by Crippen LogP contribution is -2.03. The second-order valence-corrected chi connectivity index (χ2v) is 5.14. The molecule has 2 rings (SSSR count). The average Bonchev–Trinajstić information content (AvgIpc) is 2.46. The zero-order chi connectivity index (χ0) is 14.5. The molecule has 0 fully saturated rings. The SMILES string of the molecule is CC(C)c1ccc(COc2ccc(F)cc2CN)cc1. The van der Waals surface area contributed by atoms with E-state index in [2.05, 4.69) is 38.1 Å². The van der Waals surface area contributed by atoms with Crippen molar-refractivity contribution in [2.45, 2.75) is 32.9 Å². The Balaban J connectivity index is 2.05. The molecule has 0 heterocycles. The third-order valence-corrected chi connectivity index (χ3v) is 3.28. The van der Waals surface area contributed by atoms with Crippen LogP contribution >= 0.6 is 0 Å². The molecule has 2 aromatic rings. The van der Waals surface area contributed by atoms with Gasteiger partial charge in [0.25, 0.3) is 0 Å². The van der Waals surface area contributed by atoms with Crippen LogP contribution in [0.4, 0.5) is 4.39 Å². The van der Waals surface area contributed by atoms with Crippen LogP contribution in [0.15, 0.2) is 42.5 Å². The summed E-state index contributed by atoms with van der Waals surface area (Å²) in [5.41, 5.74) is 8.67. The van der Waals surface area contributed by atoms with E-state index in [0.717, 1.165) is 5.56 Å². The molecule has 2 aromatic carbocycles. The molecule has 0 atom stereocenters. The van der Waals surface area contributed by atoms with Crippen LogP contribution < -0.4 is 10.5 Å². The van der Waals surface area contributed by atoms with Crippen LogP contribution in [0.25, 0.3) is 0 Å². The number of rotatable bonds is 5. The van der Waals surface area contributed by atoms with Gasteiger partial charge in [-0.05, 0) is 35.2 Å². The summed E-state index contributed by atoms with van der Waals surface area (Å²) in [4.78, 5) is 0. The number of benzene rings is 2. The van der Waals surface area contributed by atoms with Crippen molar-refractivity contribution in [3.8, 4) is 5.75 Å². The predicted molar refractivity (Wildman–Crippen MR) is 79.2 cm³/mol. The fourth-order valence-electron chi connectivity index (χ4n) is 2.01. The van der Waals surface area contributed by atoms with E-state index in [1.165, 1.54) is 17.7 Å². The van der Waals surface area contributed by atoms with E-state index in [-0.39, 0.29) is 12.4 Å². The first-order valence-corrected chi connectivity index (χ1v) is 6.80. The van der Waals surface area contributed by atoms with Crippen LogP contribution in [-0.2, 0) is 13.2 Å². The second-order valence-electron chi connectivity index (χ2n) is 5.14. The first-order valence-electron chi connectivity index (χ1n) is 6.80. The highest BCUT2D eigenvalue weighted by Crippen LogP contribution is 2.21. The standard InChI is InChI=1S/C17H20FNO/c1-12(2)14-5-3-13(4-6-14)11-20-17-8-7-16(18)9-15(17)10-19/h3-9,12H,10-11,19H2,1-2H3. The fraction of sp³-hybridized carbons (Fsp3) is 0.294. The van der Waals surface area contributed by atoms with Gasteiger partial charge in [0, 0.05) is 12.1 Å². The van der Waals surface area contributed by atoms with Crippen molar-refractivity contribution in [3.05, 3.63) is 65.0 Å². The van der Waals surface area contributed by atoms with E-state index >= 15 is 0 Å². The molecule has 0 aromatic heterocycles. The van der Waals surface area contributed by atoms with Crippen molar-refractivity contribution >= 4 is 0 Å². The van der Waals surface area contributed by atoms with Crippen molar-refractivity contribution in [2.75, 3.05) is 0 Å². The van der Waals surface area contributed by atoms with Crippen molar-refractivity contribution < 1.29 is 9.13 Å². The summed E-state index contributed by atoms with van der Waals surface area (Å²) in [7, 11) is 0. The van der Waals surface area contributed by atoms with Gasteiger partial charge in [-0.2, -0.15) is 0 Å². The zero-order valence-electron chi connectivity index (χ0n) is 11.9. The molecule has 0 aliphatic rings. The maximum Gasteiger partial charge on any atom is 0.124 e. The highest BCUT2D eigenvalue weighted by atomic mass is 19.1. The summed E-state index contributed by atoms with van der Waals surface area (Å²) in [6, 6.07) is 12.8. The summed E-state index contributed by atoms with van der Waals surface area (Å²) in [5.74, 6) is 0.867. The maximum absolute atomic E-state index is 13.1. The largest absolute Gasteiger partial charge is 0.489 e. The molecular weight excluding hydrogens is 253 g/mol. The molecule has 106 valence electrons. The van der Waals surface area contributed by atoms with Crippen molar-refractivity contribution in [1.82, 2.24) is 0 Å². The van der Waals surface area contributed by atoms with Gasteiger partial charge in [0.1, 0.15) is 18.2 Å². The molecule has 2 nitrogen and oxygen atoms in total. The Morgan fingerprint density at radius 3 is 2.40 bits per heavy atom. The van der Waals surface area contributed by atoms with Gasteiger partial charge >= 0.3 is 0 Å². The lowest BCUT2D eigenvalue weighted by molar-refractivity contribution is 0.302. The molecule has 0 saturated carbocycles. The van der Waals surface area contributed by atoms with Gasteiger partial charge in [-0.1, -0.05) is 38.1 Å². The third-order valence-electron chi connectivity index (χ3n) is 3.28. The van der Waals surface area contributed by atoms with Gasteiger partial charge in [0.05, 0.1) is 0 Å². The lowest BCUT2D eigenvalue weighted by Gasteiger charge is -2.11. The molecule has 20 heavy (non-hydrogen) atoms. The van der Waals surface area contributed by atoms with Crippen LogP contribution in [0.5, 0.6) is 5.75 Å². The quantitative estimate of drug-likeness (QED) is 0.894. The van der Waals surface area contributed by atoms with E-state index in [1.54, 1.807) is 6.07 Å². The van der Waals surface area contributed by atoms with E-state index in [9.17, 15) is 4.39 Å². The molecule has 2 N–H and O–H groups in total. The Morgan fingerprint density at radius 2 is 1.80 bits per heavy atom. The van der Waals surface area contributed by atoms with E-state index in [4.69, 9.17) is 10.5 Å². The fourth-order valence-corrected chi connectivity index (χ4v) is 2.01. The second kappa shape index (κ2) is 6.53. The van der Waals surface area contributed by atoms with Gasteiger partial charge in [-0.25, -0.2) is 4.39 Å². The average molecular weight is 273 g/mol. The minimum Gasteiger partial charge on any atom is -0.489 e. The molecule has 0 aliphatic heterocycles. The van der Waals surface area contributed by atoms with Crippen LogP contribution in [0.2, 0.25) is 0 Å². The van der Waals surface area contributed by atoms with Gasteiger partial charge in [-0.3, -0.25) is 0 Å². The lowest BCUT2D eigenvalue weighted by atomic mass is 10.0. The Morgan fingerprint density at radius 1 is 1.10 bits per heavy atom.